The lowest BCUT2D eigenvalue weighted by atomic mass is 9.71. The Morgan fingerprint density at radius 3 is 2.56 bits per heavy atom. The Balaban J connectivity index is 1.16. The van der Waals surface area contributed by atoms with Crippen molar-refractivity contribution in [2.24, 2.45) is 11.8 Å². The second-order valence-corrected chi connectivity index (χ2v) is 10.8. The van der Waals surface area contributed by atoms with E-state index in [9.17, 15) is 14.0 Å². The Morgan fingerprint density at radius 1 is 1.15 bits per heavy atom. The second kappa shape index (κ2) is 9.83. The van der Waals surface area contributed by atoms with Crippen molar-refractivity contribution in [1.29, 1.82) is 0 Å². The molecule has 2 aliphatic carbocycles. The smallest absolute Gasteiger partial charge is 0.293 e. The number of carbonyl (C=O) groups excluding carboxylic acids is 1. The van der Waals surface area contributed by atoms with Crippen LogP contribution in [0.3, 0.4) is 0 Å². The first kappa shape index (κ1) is 25.1. The number of aromatic nitrogens is 3. The van der Waals surface area contributed by atoms with Crippen LogP contribution >= 0.6 is 0 Å². The lowest BCUT2D eigenvalue weighted by molar-refractivity contribution is -0.121. The number of nitrogens with one attached hydrogen (secondary N) is 2. The fraction of sp³-hybridized carbons (Fsp3) is 0.379. The summed E-state index contributed by atoms with van der Waals surface area (Å²) >= 11 is 0. The SMILES string of the molecule is Cc1cnc(NCC(c2ccc(F)cc2)(C2CC2)C2CC2)c(=O)n1CC(=O)NCc1ccc2c(N)noc2c1. The molecule has 2 fully saturated rings. The molecule has 0 bridgehead atoms. The fourth-order valence-electron chi connectivity index (χ4n) is 5.78. The van der Waals surface area contributed by atoms with Gasteiger partial charge in [-0.15, -0.1) is 0 Å². The molecule has 2 aromatic carbocycles. The Labute approximate surface area is 224 Å². The summed E-state index contributed by atoms with van der Waals surface area (Å²) in [5.41, 5.74) is 8.33. The number of aryl methyl sites for hydroxylation is 1. The van der Waals surface area contributed by atoms with Crippen molar-refractivity contribution in [1.82, 2.24) is 20.0 Å². The minimum atomic E-state index is -0.344. The number of carbonyl (C=O) groups is 1. The van der Waals surface area contributed by atoms with Crippen LogP contribution in [0.2, 0.25) is 0 Å². The zero-order valence-electron chi connectivity index (χ0n) is 21.7. The van der Waals surface area contributed by atoms with E-state index in [2.05, 4.69) is 20.8 Å². The second-order valence-electron chi connectivity index (χ2n) is 10.8. The van der Waals surface area contributed by atoms with Crippen LogP contribution in [0.5, 0.6) is 0 Å². The van der Waals surface area contributed by atoms with Gasteiger partial charge < -0.3 is 20.9 Å². The van der Waals surface area contributed by atoms with Gasteiger partial charge in [-0.1, -0.05) is 23.4 Å². The standard InChI is InChI=1S/C29H31FN6O3/c1-17-13-33-27(34-16-29(19-3-4-19,20-5-6-20)21-7-9-22(30)10-8-21)28(38)36(17)15-25(37)32-14-18-2-11-23-24(12-18)39-35-26(23)31/h2,7-13,19-20H,3-6,14-16H2,1H3,(H2,31,35)(H,32,37)(H,33,34). The van der Waals surface area contributed by atoms with Crippen LogP contribution in [-0.4, -0.2) is 27.2 Å². The molecule has 4 aromatic rings. The number of amides is 1. The van der Waals surface area contributed by atoms with Gasteiger partial charge in [-0.2, -0.15) is 0 Å². The van der Waals surface area contributed by atoms with Gasteiger partial charge in [-0.3, -0.25) is 14.2 Å². The maximum atomic E-state index is 13.7. The topological polar surface area (TPSA) is 128 Å². The predicted octanol–water partition coefficient (Wildman–Crippen LogP) is 3.90. The molecule has 0 atom stereocenters. The van der Waals surface area contributed by atoms with E-state index in [-0.39, 0.29) is 41.6 Å². The minimum absolute atomic E-state index is 0.131. The van der Waals surface area contributed by atoms with Crippen molar-refractivity contribution in [2.75, 3.05) is 17.6 Å². The number of halogens is 1. The monoisotopic (exact) mass is 530 g/mol. The fourth-order valence-corrected chi connectivity index (χ4v) is 5.78. The van der Waals surface area contributed by atoms with Crippen LogP contribution < -0.4 is 21.9 Å². The number of benzene rings is 2. The molecule has 0 radical (unpaired) electrons. The maximum absolute atomic E-state index is 13.7. The van der Waals surface area contributed by atoms with Crippen molar-refractivity contribution >= 4 is 28.5 Å². The Morgan fingerprint density at radius 2 is 1.87 bits per heavy atom. The van der Waals surface area contributed by atoms with E-state index >= 15 is 0 Å². The van der Waals surface area contributed by atoms with E-state index in [0.717, 1.165) is 42.2 Å². The molecule has 2 saturated carbocycles. The van der Waals surface area contributed by atoms with E-state index in [1.807, 2.05) is 18.2 Å². The van der Waals surface area contributed by atoms with Crippen molar-refractivity contribution in [3.8, 4) is 0 Å². The molecule has 4 N–H and O–H groups in total. The molecule has 10 heteroatoms. The van der Waals surface area contributed by atoms with Gasteiger partial charge in [0.05, 0.1) is 5.39 Å². The van der Waals surface area contributed by atoms with Gasteiger partial charge in [0.2, 0.25) is 5.91 Å². The van der Waals surface area contributed by atoms with Gasteiger partial charge in [0.1, 0.15) is 12.4 Å². The van der Waals surface area contributed by atoms with Crippen LogP contribution in [0.25, 0.3) is 11.0 Å². The normalized spacial score (nSPS) is 15.4. The Kier molecular flexibility index (Phi) is 6.32. The van der Waals surface area contributed by atoms with E-state index in [0.29, 0.717) is 35.5 Å². The molecule has 2 heterocycles. The molecule has 9 nitrogen and oxygen atoms in total. The molecular weight excluding hydrogens is 499 g/mol. The largest absolute Gasteiger partial charge is 0.380 e. The predicted molar refractivity (Wildman–Crippen MR) is 146 cm³/mol. The maximum Gasteiger partial charge on any atom is 0.293 e. The summed E-state index contributed by atoms with van der Waals surface area (Å²) in [7, 11) is 0. The van der Waals surface area contributed by atoms with E-state index in [1.54, 1.807) is 25.3 Å². The summed E-state index contributed by atoms with van der Waals surface area (Å²) in [6.07, 6.45) is 6.10. The van der Waals surface area contributed by atoms with Gasteiger partial charge in [0.25, 0.3) is 5.56 Å². The number of nitrogens with two attached hydrogens (primary N) is 1. The lowest BCUT2D eigenvalue weighted by Gasteiger charge is -2.36. The highest BCUT2D eigenvalue weighted by Gasteiger charge is 2.55. The van der Waals surface area contributed by atoms with E-state index in [1.165, 1.54) is 16.7 Å². The molecule has 6 rings (SSSR count). The zero-order chi connectivity index (χ0) is 27.1. The summed E-state index contributed by atoms with van der Waals surface area (Å²) in [4.78, 5) is 30.6. The Bertz CT molecular complexity index is 1580. The molecule has 2 aliphatic rings. The highest BCUT2D eigenvalue weighted by Crippen LogP contribution is 2.59. The third kappa shape index (κ3) is 4.86. The highest BCUT2D eigenvalue weighted by atomic mass is 19.1. The number of nitrogen functional groups attached to an aromatic ring is 1. The number of nitrogens with zero attached hydrogens (tertiary/aromatic N) is 3. The summed E-state index contributed by atoms with van der Waals surface area (Å²) in [5, 5.41) is 10.7. The average molecular weight is 531 g/mol. The molecule has 1 amide bonds. The van der Waals surface area contributed by atoms with Crippen molar-refractivity contribution in [3.05, 3.63) is 81.7 Å². The summed E-state index contributed by atoms with van der Waals surface area (Å²) in [6, 6.07) is 12.2. The quantitative estimate of drug-likeness (QED) is 0.284. The van der Waals surface area contributed by atoms with Crippen molar-refractivity contribution in [2.45, 2.75) is 51.1 Å². The summed E-state index contributed by atoms with van der Waals surface area (Å²) in [5.74, 6) is 0.974. The molecule has 0 unspecified atom stereocenters. The van der Waals surface area contributed by atoms with Gasteiger partial charge in [0, 0.05) is 30.4 Å². The molecule has 39 heavy (non-hydrogen) atoms. The number of rotatable bonds is 10. The van der Waals surface area contributed by atoms with E-state index < -0.39 is 0 Å². The number of hydrogen-bond acceptors (Lipinski definition) is 7. The first-order valence-electron chi connectivity index (χ1n) is 13.3. The Hall–Kier alpha value is -4.21. The number of fused-ring (bicyclic) bond motifs is 1. The molecule has 2 aromatic heterocycles. The lowest BCUT2D eigenvalue weighted by Crippen LogP contribution is -2.41. The average Bonchev–Trinajstić information content (AvgIpc) is 3.86. The third-order valence-electron chi connectivity index (χ3n) is 8.15. The molecule has 0 spiro atoms. The van der Waals surface area contributed by atoms with Crippen LogP contribution in [-0.2, 0) is 23.3 Å². The van der Waals surface area contributed by atoms with Gasteiger partial charge in [-0.05, 0) is 79.8 Å². The first-order chi connectivity index (χ1) is 18.8. The zero-order valence-corrected chi connectivity index (χ0v) is 21.7. The minimum Gasteiger partial charge on any atom is -0.380 e. The van der Waals surface area contributed by atoms with Gasteiger partial charge >= 0.3 is 0 Å². The molecule has 0 aliphatic heterocycles. The third-order valence-corrected chi connectivity index (χ3v) is 8.15. The first-order valence-corrected chi connectivity index (χ1v) is 13.3. The van der Waals surface area contributed by atoms with Crippen LogP contribution in [0.4, 0.5) is 16.0 Å². The number of hydrogen-bond donors (Lipinski definition) is 3. The summed E-state index contributed by atoms with van der Waals surface area (Å²) in [6.45, 7) is 2.43. The van der Waals surface area contributed by atoms with Crippen molar-refractivity contribution < 1.29 is 13.7 Å². The van der Waals surface area contributed by atoms with Crippen molar-refractivity contribution in [3.63, 3.8) is 0 Å². The van der Waals surface area contributed by atoms with E-state index in [4.69, 9.17) is 10.3 Å². The van der Waals surface area contributed by atoms with Crippen LogP contribution in [0.15, 0.2) is 58.0 Å². The number of anilines is 2. The molecular formula is C29H31FN6O3. The molecule has 0 saturated heterocycles. The molecule has 202 valence electrons. The summed E-state index contributed by atoms with van der Waals surface area (Å²) < 4.78 is 20.3. The van der Waals surface area contributed by atoms with Gasteiger partial charge in [0.15, 0.2) is 17.2 Å². The van der Waals surface area contributed by atoms with Crippen LogP contribution in [0, 0.1) is 24.6 Å². The van der Waals surface area contributed by atoms with Crippen LogP contribution in [0.1, 0.15) is 42.5 Å². The van der Waals surface area contributed by atoms with Gasteiger partial charge in [-0.25, -0.2) is 9.37 Å². The highest BCUT2D eigenvalue weighted by molar-refractivity contribution is 5.87.